The molecule has 0 radical (unpaired) electrons. The zero-order chi connectivity index (χ0) is 23.0. The van der Waals surface area contributed by atoms with E-state index >= 15 is 0 Å². The third-order valence-corrected chi connectivity index (χ3v) is 7.71. The molecule has 2 saturated carbocycles. The summed E-state index contributed by atoms with van der Waals surface area (Å²) in [6, 6.07) is 3.46. The van der Waals surface area contributed by atoms with Crippen LogP contribution < -0.4 is 0 Å². The third-order valence-electron chi connectivity index (χ3n) is 7.71. The minimum absolute atomic E-state index is 0.177. The lowest BCUT2D eigenvalue weighted by atomic mass is 9.74. The summed E-state index contributed by atoms with van der Waals surface area (Å²) in [5, 5.41) is 0. The molecule has 2 fully saturated rings. The van der Waals surface area contributed by atoms with Gasteiger partial charge in [-0.25, -0.2) is 4.39 Å². The Morgan fingerprint density at radius 1 is 0.812 bits per heavy atom. The number of alkyl halides is 4. The van der Waals surface area contributed by atoms with Crippen molar-refractivity contribution < 1.29 is 22.0 Å². The number of benzene rings is 1. The summed E-state index contributed by atoms with van der Waals surface area (Å²) in [5.41, 5.74) is -0.455. The van der Waals surface area contributed by atoms with Gasteiger partial charge < -0.3 is 0 Å². The van der Waals surface area contributed by atoms with Gasteiger partial charge in [-0.1, -0.05) is 43.9 Å². The number of hydrogen-bond donors (Lipinski definition) is 0. The summed E-state index contributed by atoms with van der Waals surface area (Å²) in [5.74, 6) is 1.33. The van der Waals surface area contributed by atoms with Crippen molar-refractivity contribution in [2.75, 3.05) is 6.67 Å². The van der Waals surface area contributed by atoms with E-state index in [0.717, 1.165) is 62.5 Å². The molecule has 0 heterocycles. The van der Waals surface area contributed by atoms with Crippen LogP contribution in [0.2, 0.25) is 0 Å². The first kappa shape index (κ1) is 25.2. The molecule has 0 unspecified atom stereocenters. The van der Waals surface area contributed by atoms with Gasteiger partial charge in [-0.2, -0.15) is 13.2 Å². The Balaban J connectivity index is 1.34. The Kier molecular flexibility index (Phi) is 9.61. The van der Waals surface area contributed by atoms with Crippen molar-refractivity contribution in [1.82, 2.24) is 0 Å². The summed E-state index contributed by atoms with van der Waals surface area (Å²) in [4.78, 5) is 0. The van der Waals surface area contributed by atoms with Gasteiger partial charge >= 0.3 is 6.18 Å². The van der Waals surface area contributed by atoms with E-state index in [0.29, 0.717) is 17.9 Å². The highest BCUT2D eigenvalue weighted by Gasteiger charge is 2.34. The van der Waals surface area contributed by atoms with Crippen LogP contribution in [0.5, 0.6) is 0 Å². The molecule has 5 heteroatoms. The SMILES string of the molecule is FCCCC=CCC1CCC(CCC2CCC(c3ccc(C(F)(F)F)c(F)c3)CC2)CC1. The van der Waals surface area contributed by atoms with E-state index in [2.05, 4.69) is 12.2 Å². The number of hydrogen-bond acceptors (Lipinski definition) is 0. The molecule has 0 nitrogen and oxygen atoms in total. The molecule has 2 aliphatic rings. The van der Waals surface area contributed by atoms with Crippen molar-refractivity contribution >= 4 is 0 Å². The van der Waals surface area contributed by atoms with Crippen molar-refractivity contribution in [3.8, 4) is 0 Å². The molecule has 0 amide bonds. The normalized spacial score (nSPS) is 27.2. The lowest BCUT2D eigenvalue weighted by Gasteiger charge is -2.32. The van der Waals surface area contributed by atoms with Crippen molar-refractivity contribution in [2.45, 2.75) is 95.6 Å². The highest BCUT2D eigenvalue weighted by Crippen LogP contribution is 2.41. The minimum Gasteiger partial charge on any atom is -0.251 e. The van der Waals surface area contributed by atoms with Crippen LogP contribution in [0.25, 0.3) is 0 Å². The summed E-state index contributed by atoms with van der Waals surface area (Å²) >= 11 is 0. The number of allylic oxidation sites excluding steroid dienone is 2. The van der Waals surface area contributed by atoms with Crippen LogP contribution in [0, 0.1) is 23.6 Å². The van der Waals surface area contributed by atoms with E-state index in [9.17, 15) is 22.0 Å². The first-order valence-electron chi connectivity index (χ1n) is 12.4. The molecule has 1 aromatic carbocycles. The smallest absolute Gasteiger partial charge is 0.251 e. The number of halogens is 5. The van der Waals surface area contributed by atoms with Crippen molar-refractivity contribution in [2.24, 2.45) is 17.8 Å². The van der Waals surface area contributed by atoms with E-state index in [1.807, 2.05) is 0 Å². The van der Waals surface area contributed by atoms with Gasteiger partial charge in [-0.05, 0) is 99.2 Å². The van der Waals surface area contributed by atoms with Crippen molar-refractivity contribution in [3.05, 3.63) is 47.3 Å². The van der Waals surface area contributed by atoms with Gasteiger partial charge in [0.2, 0.25) is 0 Å². The van der Waals surface area contributed by atoms with Crippen LogP contribution in [0.4, 0.5) is 22.0 Å². The van der Waals surface area contributed by atoms with Crippen LogP contribution in [-0.4, -0.2) is 6.67 Å². The van der Waals surface area contributed by atoms with Gasteiger partial charge in [0, 0.05) is 0 Å². The standard InChI is InChI=1S/C27H37F5/c28-18-4-2-1-3-5-20-6-8-21(9-7-20)10-11-22-12-14-23(15-13-22)24-16-17-25(26(29)19-24)27(30,31)32/h1,3,16-17,19-23H,2,4-15,18H2. The second-order valence-electron chi connectivity index (χ2n) is 9.96. The fraction of sp³-hybridized carbons (Fsp3) is 0.704. The fourth-order valence-corrected chi connectivity index (χ4v) is 5.63. The molecular formula is C27H37F5. The largest absolute Gasteiger partial charge is 0.419 e. The summed E-state index contributed by atoms with van der Waals surface area (Å²) < 4.78 is 64.3. The number of rotatable bonds is 9. The maximum atomic E-state index is 13.9. The van der Waals surface area contributed by atoms with Gasteiger partial charge in [0.25, 0.3) is 0 Å². The zero-order valence-electron chi connectivity index (χ0n) is 19.0. The monoisotopic (exact) mass is 456 g/mol. The maximum absolute atomic E-state index is 13.9. The predicted molar refractivity (Wildman–Crippen MR) is 120 cm³/mol. The molecule has 1 aromatic rings. The van der Waals surface area contributed by atoms with Crippen LogP contribution in [0.1, 0.15) is 101 Å². The van der Waals surface area contributed by atoms with E-state index in [4.69, 9.17) is 0 Å². The predicted octanol–water partition coefficient (Wildman–Crippen LogP) is 9.40. The van der Waals surface area contributed by atoms with Gasteiger partial charge in [0.1, 0.15) is 5.82 Å². The second-order valence-corrected chi connectivity index (χ2v) is 9.96. The Bertz CT molecular complexity index is 707. The number of unbranched alkanes of at least 4 members (excludes halogenated alkanes) is 1. The first-order valence-corrected chi connectivity index (χ1v) is 12.4. The second kappa shape index (κ2) is 12.2. The quantitative estimate of drug-likeness (QED) is 0.197. The Morgan fingerprint density at radius 3 is 1.97 bits per heavy atom. The molecule has 3 rings (SSSR count). The molecule has 0 atom stereocenters. The highest BCUT2D eigenvalue weighted by molar-refractivity contribution is 5.29. The molecule has 0 N–H and O–H groups in total. The summed E-state index contributed by atoms with van der Waals surface area (Å²) in [6.45, 7) is -0.231. The van der Waals surface area contributed by atoms with E-state index in [1.54, 1.807) is 0 Å². The minimum atomic E-state index is -4.63. The third kappa shape index (κ3) is 7.59. The van der Waals surface area contributed by atoms with Crippen LogP contribution >= 0.6 is 0 Å². The van der Waals surface area contributed by atoms with Crippen LogP contribution in [0.15, 0.2) is 30.4 Å². The fourth-order valence-electron chi connectivity index (χ4n) is 5.63. The summed E-state index contributed by atoms with van der Waals surface area (Å²) in [7, 11) is 0. The Hall–Kier alpha value is -1.39. The Morgan fingerprint density at radius 2 is 1.41 bits per heavy atom. The first-order chi connectivity index (χ1) is 15.4. The zero-order valence-corrected chi connectivity index (χ0v) is 19.0. The average molecular weight is 457 g/mol. The average Bonchev–Trinajstić information content (AvgIpc) is 2.78. The maximum Gasteiger partial charge on any atom is 0.419 e. The van der Waals surface area contributed by atoms with Crippen molar-refractivity contribution in [3.63, 3.8) is 0 Å². The van der Waals surface area contributed by atoms with Crippen LogP contribution in [-0.2, 0) is 6.18 Å². The highest BCUT2D eigenvalue weighted by atomic mass is 19.4. The van der Waals surface area contributed by atoms with Gasteiger partial charge in [-0.15, -0.1) is 0 Å². The van der Waals surface area contributed by atoms with E-state index < -0.39 is 17.6 Å². The molecule has 0 aromatic heterocycles. The van der Waals surface area contributed by atoms with Gasteiger partial charge in [-0.3, -0.25) is 4.39 Å². The lowest BCUT2D eigenvalue weighted by molar-refractivity contribution is -0.140. The molecule has 0 bridgehead atoms. The lowest BCUT2D eigenvalue weighted by Crippen LogP contribution is -2.18. The Labute approximate surface area is 189 Å². The molecule has 0 spiro atoms. The molecule has 32 heavy (non-hydrogen) atoms. The molecule has 0 aliphatic heterocycles. The van der Waals surface area contributed by atoms with E-state index in [1.165, 1.54) is 44.6 Å². The molecular weight excluding hydrogens is 419 g/mol. The van der Waals surface area contributed by atoms with Crippen LogP contribution in [0.3, 0.4) is 0 Å². The van der Waals surface area contributed by atoms with Crippen molar-refractivity contribution in [1.29, 1.82) is 0 Å². The molecule has 180 valence electrons. The molecule has 2 aliphatic carbocycles. The van der Waals surface area contributed by atoms with E-state index in [-0.39, 0.29) is 12.6 Å². The summed E-state index contributed by atoms with van der Waals surface area (Å²) in [6.07, 6.45) is 14.1. The topological polar surface area (TPSA) is 0 Å². The van der Waals surface area contributed by atoms with Gasteiger partial charge in [0.15, 0.2) is 0 Å². The van der Waals surface area contributed by atoms with Gasteiger partial charge in [0.05, 0.1) is 12.2 Å². The molecule has 0 saturated heterocycles.